The summed E-state index contributed by atoms with van der Waals surface area (Å²) < 4.78 is 48.8. The van der Waals surface area contributed by atoms with Gasteiger partial charge in [0, 0.05) is 6.92 Å². The number of carbonyl (C=O) groups is 1. The van der Waals surface area contributed by atoms with Crippen LogP contribution in [-0.2, 0) is 10.9 Å². The summed E-state index contributed by atoms with van der Waals surface area (Å²) in [6, 6.07) is 11.1. The zero-order valence-electron chi connectivity index (χ0n) is 14.4. The minimum Gasteiger partial charge on any atom is -0.449 e. The third-order valence-electron chi connectivity index (χ3n) is 3.84. The van der Waals surface area contributed by atoms with Gasteiger partial charge in [0.05, 0.1) is 11.1 Å². The van der Waals surface area contributed by atoms with Gasteiger partial charge in [-0.25, -0.2) is 4.79 Å². The summed E-state index contributed by atoms with van der Waals surface area (Å²) in [5.41, 5.74) is 0.397. The molecule has 0 radical (unpaired) electrons. The molecule has 2 aromatic carbocycles. The quantitative estimate of drug-likeness (QED) is 0.601. The van der Waals surface area contributed by atoms with Gasteiger partial charge in [0.15, 0.2) is 6.10 Å². The van der Waals surface area contributed by atoms with Crippen LogP contribution in [-0.4, -0.2) is 16.2 Å². The lowest BCUT2D eigenvalue weighted by atomic mass is 9.98. The summed E-state index contributed by atoms with van der Waals surface area (Å²) in [6.07, 6.45) is -5.19. The fourth-order valence-corrected chi connectivity index (χ4v) is 2.50. The molecule has 0 N–H and O–H groups in total. The number of aryl methyl sites for hydroxylation is 1. The maximum atomic E-state index is 12.7. The fourth-order valence-electron chi connectivity index (χ4n) is 2.50. The highest BCUT2D eigenvalue weighted by Crippen LogP contribution is 2.32. The second kappa shape index (κ2) is 7.22. The number of benzene rings is 2. The van der Waals surface area contributed by atoms with Crippen molar-refractivity contribution in [1.29, 1.82) is 0 Å². The number of alkyl halides is 3. The van der Waals surface area contributed by atoms with Crippen molar-refractivity contribution in [2.75, 3.05) is 0 Å². The summed E-state index contributed by atoms with van der Waals surface area (Å²) in [6.45, 7) is 3.20. The number of hydrogen-bond donors (Lipinski definition) is 0. The Labute approximate surface area is 152 Å². The number of halogens is 3. The van der Waals surface area contributed by atoms with Crippen LogP contribution >= 0.6 is 0 Å². The van der Waals surface area contributed by atoms with Crippen LogP contribution in [0.3, 0.4) is 0 Å². The van der Waals surface area contributed by atoms with E-state index in [1.54, 1.807) is 38.1 Å². The number of aromatic nitrogens is 2. The molecule has 1 heterocycles. The Balaban J connectivity index is 1.86. The first-order valence-corrected chi connectivity index (χ1v) is 8.03. The van der Waals surface area contributed by atoms with Crippen molar-refractivity contribution >= 4 is 5.97 Å². The molecule has 3 aromatic rings. The number of rotatable bonds is 4. The molecule has 0 bridgehead atoms. The van der Waals surface area contributed by atoms with E-state index in [1.165, 1.54) is 12.1 Å². The van der Waals surface area contributed by atoms with Gasteiger partial charge in [-0.3, -0.25) is 0 Å². The predicted molar refractivity (Wildman–Crippen MR) is 89.7 cm³/mol. The molecular formula is C19H15F3N2O3. The highest BCUT2D eigenvalue weighted by Gasteiger charge is 2.30. The van der Waals surface area contributed by atoms with Crippen LogP contribution in [0.5, 0.6) is 0 Å². The maximum absolute atomic E-state index is 12.7. The Hall–Kier alpha value is -3.16. The minimum atomic E-state index is -4.42. The SMILES string of the molecule is Cc1nnc(C(C)OC(=O)c2ccccc2-c2ccc(C(F)(F)F)cc2)o1. The first kappa shape index (κ1) is 18.6. The molecule has 5 nitrogen and oxygen atoms in total. The zero-order valence-corrected chi connectivity index (χ0v) is 14.4. The topological polar surface area (TPSA) is 65.2 Å². The Bertz CT molecular complexity index is 949. The number of esters is 1. The summed E-state index contributed by atoms with van der Waals surface area (Å²) in [4.78, 5) is 12.6. The van der Waals surface area contributed by atoms with Crippen molar-refractivity contribution in [2.45, 2.75) is 26.1 Å². The Kier molecular flexibility index (Phi) is 4.98. The van der Waals surface area contributed by atoms with Gasteiger partial charge in [-0.05, 0) is 36.2 Å². The lowest BCUT2D eigenvalue weighted by molar-refractivity contribution is -0.137. The standard InChI is InChI=1S/C19H15F3N2O3/c1-11(17-24-23-12(2)27-17)26-18(25)16-6-4-3-5-15(16)13-7-9-14(10-8-13)19(20,21)22/h3-11H,1-2H3. The van der Waals surface area contributed by atoms with Gasteiger partial charge in [-0.15, -0.1) is 10.2 Å². The molecule has 1 atom stereocenters. The normalized spacial score (nSPS) is 12.6. The van der Waals surface area contributed by atoms with Crippen molar-refractivity contribution < 1.29 is 27.1 Å². The van der Waals surface area contributed by atoms with Crippen LogP contribution in [0.1, 0.15) is 40.7 Å². The largest absolute Gasteiger partial charge is 0.449 e. The first-order chi connectivity index (χ1) is 12.8. The van der Waals surface area contributed by atoms with E-state index in [9.17, 15) is 18.0 Å². The van der Waals surface area contributed by atoms with Crippen molar-refractivity contribution in [3.8, 4) is 11.1 Å². The lowest BCUT2D eigenvalue weighted by Gasteiger charge is -2.13. The molecule has 0 fully saturated rings. The van der Waals surface area contributed by atoms with Crippen LogP contribution in [0.15, 0.2) is 52.9 Å². The van der Waals surface area contributed by atoms with E-state index in [2.05, 4.69) is 10.2 Å². The van der Waals surface area contributed by atoms with Crippen molar-refractivity contribution in [2.24, 2.45) is 0 Å². The molecule has 0 aliphatic rings. The number of nitrogens with zero attached hydrogens (tertiary/aromatic N) is 2. The van der Waals surface area contributed by atoms with Gasteiger partial charge < -0.3 is 9.15 Å². The highest BCUT2D eigenvalue weighted by molar-refractivity contribution is 5.97. The third kappa shape index (κ3) is 4.16. The highest BCUT2D eigenvalue weighted by atomic mass is 19.4. The molecular weight excluding hydrogens is 361 g/mol. The van der Waals surface area contributed by atoms with Gasteiger partial charge >= 0.3 is 12.1 Å². The van der Waals surface area contributed by atoms with E-state index in [4.69, 9.17) is 9.15 Å². The molecule has 0 amide bonds. The van der Waals surface area contributed by atoms with Gasteiger partial charge in [0.25, 0.3) is 5.89 Å². The van der Waals surface area contributed by atoms with Crippen LogP contribution in [0.4, 0.5) is 13.2 Å². The lowest BCUT2D eigenvalue weighted by Crippen LogP contribution is -2.11. The number of ether oxygens (including phenoxy) is 1. The molecule has 0 spiro atoms. The Morgan fingerprint density at radius 3 is 2.33 bits per heavy atom. The van der Waals surface area contributed by atoms with E-state index >= 15 is 0 Å². The predicted octanol–water partition coefficient (Wildman–Crippen LogP) is 4.98. The van der Waals surface area contributed by atoms with Gasteiger partial charge in [0.1, 0.15) is 0 Å². The summed E-state index contributed by atoms with van der Waals surface area (Å²) in [5, 5.41) is 7.49. The van der Waals surface area contributed by atoms with E-state index in [1.807, 2.05) is 0 Å². The van der Waals surface area contributed by atoms with E-state index in [0.29, 0.717) is 17.0 Å². The molecule has 140 valence electrons. The third-order valence-corrected chi connectivity index (χ3v) is 3.84. The molecule has 0 saturated heterocycles. The van der Waals surface area contributed by atoms with Gasteiger partial charge in [-0.1, -0.05) is 30.3 Å². The smallest absolute Gasteiger partial charge is 0.416 e. The summed E-state index contributed by atoms with van der Waals surface area (Å²) >= 11 is 0. The van der Waals surface area contributed by atoms with Crippen LogP contribution in [0.2, 0.25) is 0 Å². The molecule has 8 heteroatoms. The van der Waals surface area contributed by atoms with Crippen LogP contribution in [0.25, 0.3) is 11.1 Å². The minimum absolute atomic E-state index is 0.160. The van der Waals surface area contributed by atoms with Gasteiger partial charge in [0.2, 0.25) is 5.89 Å². The average Bonchev–Trinajstić information content (AvgIpc) is 3.07. The second-order valence-electron chi connectivity index (χ2n) is 5.83. The molecule has 0 aliphatic heterocycles. The molecule has 27 heavy (non-hydrogen) atoms. The molecule has 3 rings (SSSR count). The zero-order chi connectivity index (χ0) is 19.6. The number of hydrogen-bond acceptors (Lipinski definition) is 5. The maximum Gasteiger partial charge on any atom is 0.416 e. The summed E-state index contributed by atoms with van der Waals surface area (Å²) in [5.74, 6) is -0.139. The molecule has 0 saturated carbocycles. The fraction of sp³-hybridized carbons (Fsp3) is 0.211. The monoisotopic (exact) mass is 376 g/mol. The van der Waals surface area contributed by atoms with E-state index in [-0.39, 0.29) is 11.5 Å². The first-order valence-electron chi connectivity index (χ1n) is 8.03. The van der Waals surface area contributed by atoms with Crippen molar-refractivity contribution in [3.63, 3.8) is 0 Å². The van der Waals surface area contributed by atoms with Crippen molar-refractivity contribution in [1.82, 2.24) is 10.2 Å². The Morgan fingerprint density at radius 1 is 1.07 bits per heavy atom. The van der Waals surface area contributed by atoms with Crippen LogP contribution in [0, 0.1) is 6.92 Å². The molecule has 1 unspecified atom stereocenters. The molecule has 0 aliphatic carbocycles. The van der Waals surface area contributed by atoms with E-state index in [0.717, 1.165) is 12.1 Å². The molecule has 1 aromatic heterocycles. The van der Waals surface area contributed by atoms with Crippen LogP contribution < -0.4 is 0 Å². The Morgan fingerprint density at radius 2 is 1.74 bits per heavy atom. The second-order valence-corrected chi connectivity index (χ2v) is 5.83. The van der Waals surface area contributed by atoms with Crippen molar-refractivity contribution in [3.05, 3.63) is 71.4 Å². The average molecular weight is 376 g/mol. The number of carbonyl (C=O) groups excluding carboxylic acids is 1. The summed E-state index contributed by atoms with van der Waals surface area (Å²) in [7, 11) is 0. The van der Waals surface area contributed by atoms with Gasteiger partial charge in [-0.2, -0.15) is 13.2 Å². The van der Waals surface area contributed by atoms with E-state index < -0.39 is 23.8 Å².